The Morgan fingerprint density at radius 3 is 2.42 bits per heavy atom. The van der Waals surface area contributed by atoms with Crippen LogP contribution in [0.15, 0.2) is 24.3 Å². The molecule has 0 bridgehead atoms. The molecule has 1 aromatic rings. The molecule has 1 heterocycles. The Morgan fingerprint density at radius 1 is 1.17 bits per heavy atom. The van der Waals surface area contributed by atoms with Gasteiger partial charge in [0.05, 0.1) is 5.92 Å². The standard InChI is InChI=1S/C18H26FN3O2/c1-14(23)22-11-10-21(12-16(13-22)18(24)20(2)3)9-8-15-4-6-17(19)7-5-15/h4-7,16H,8-13H2,1-3H3/t16-/m0/s1. The summed E-state index contributed by atoms with van der Waals surface area (Å²) in [7, 11) is 3.49. The summed E-state index contributed by atoms with van der Waals surface area (Å²) in [5, 5.41) is 0. The highest BCUT2D eigenvalue weighted by Gasteiger charge is 2.29. The first-order chi connectivity index (χ1) is 11.4. The number of amides is 2. The van der Waals surface area contributed by atoms with Crippen LogP contribution < -0.4 is 0 Å². The largest absolute Gasteiger partial charge is 0.348 e. The Bertz CT molecular complexity index is 574. The molecule has 0 aromatic heterocycles. The van der Waals surface area contributed by atoms with Crippen LogP contribution in [0.1, 0.15) is 12.5 Å². The van der Waals surface area contributed by atoms with Gasteiger partial charge in [0.25, 0.3) is 0 Å². The minimum absolute atomic E-state index is 0.00643. The molecule has 132 valence electrons. The molecule has 1 atom stereocenters. The van der Waals surface area contributed by atoms with E-state index in [2.05, 4.69) is 4.90 Å². The Balaban J connectivity index is 2.02. The maximum atomic E-state index is 13.0. The summed E-state index contributed by atoms with van der Waals surface area (Å²) in [5.41, 5.74) is 1.07. The van der Waals surface area contributed by atoms with Gasteiger partial charge in [0, 0.05) is 53.7 Å². The van der Waals surface area contributed by atoms with Gasteiger partial charge in [-0.1, -0.05) is 12.1 Å². The lowest BCUT2D eigenvalue weighted by molar-refractivity contribution is -0.135. The van der Waals surface area contributed by atoms with Crippen molar-refractivity contribution in [3.8, 4) is 0 Å². The van der Waals surface area contributed by atoms with Gasteiger partial charge in [0.2, 0.25) is 11.8 Å². The molecule has 6 heteroatoms. The van der Waals surface area contributed by atoms with Crippen molar-refractivity contribution in [3.63, 3.8) is 0 Å². The highest BCUT2D eigenvalue weighted by atomic mass is 19.1. The number of carbonyl (C=O) groups excluding carboxylic acids is 2. The van der Waals surface area contributed by atoms with Crippen LogP contribution in [0.3, 0.4) is 0 Å². The monoisotopic (exact) mass is 335 g/mol. The third-order valence-corrected chi connectivity index (χ3v) is 4.47. The van der Waals surface area contributed by atoms with E-state index in [-0.39, 0.29) is 23.5 Å². The lowest BCUT2D eigenvalue weighted by atomic mass is 10.1. The van der Waals surface area contributed by atoms with Crippen molar-refractivity contribution in [1.29, 1.82) is 0 Å². The van der Waals surface area contributed by atoms with Gasteiger partial charge in [-0.2, -0.15) is 0 Å². The fourth-order valence-electron chi connectivity index (χ4n) is 3.03. The van der Waals surface area contributed by atoms with Gasteiger partial charge in [0.15, 0.2) is 0 Å². The normalized spacial score (nSPS) is 19.0. The van der Waals surface area contributed by atoms with E-state index in [9.17, 15) is 14.0 Å². The summed E-state index contributed by atoms with van der Waals surface area (Å²) in [5.74, 6) is -0.385. The zero-order valence-corrected chi connectivity index (χ0v) is 14.7. The third kappa shape index (κ3) is 5.03. The molecule has 5 nitrogen and oxygen atoms in total. The van der Waals surface area contributed by atoms with E-state index in [1.165, 1.54) is 12.1 Å². The number of nitrogens with zero attached hydrogens (tertiary/aromatic N) is 3. The first kappa shape index (κ1) is 18.4. The minimum atomic E-state index is -0.234. The zero-order valence-electron chi connectivity index (χ0n) is 14.7. The minimum Gasteiger partial charge on any atom is -0.348 e. The van der Waals surface area contributed by atoms with Crippen molar-refractivity contribution in [1.82, 2.24) is 14.7 Å². The van der Waals surface area contributed by atoms with Crippen molar-refractivity contribution >= 4 is 11.8 Å². The van der Waals surface area contributed by atoms with Crippen LogP contribution in [-0.2, 0) is 16.0 Å². The molecule has 2 rings (SSSR count). The van der Waals surface area contributed by atoms with Gasteiger partial charge >= 0.3 is 0 Å². The molecule has 0 spiro atoms. The quantitative estimate of drug-likeness (QED) is 0.831. The summed E-state index contributed by atoms with van der Waals surface area (Å²) >= 11 is 0. The maximum Gasteiger partial charge on any atom is 0.228 e. The summed E-state index contributed by atoms with van der Waals surface area (Å²) in [6, 6.07) is 6.51. The number of hydrogen-bond acceptors (Lipinski definition) is 3. The second-order valence-corrected chi connectivity index (χ2v) is 6.57. The highest BCUT2D eigenvalue weighted by Crippen LogP contribution is 2.13. The molecular weight excluding hydrogens is 309 g/mol. The average Bonchev–Trinajstić information content (AvgIpc) is 2.76. The van der Waals surface area contributed by atoms with Crippen LogP contribution in [0, 0.1) is 11.7 Å². The second-order valence-electron chi connectivity index (χ2n) is 6.57. The molecule has 0 unspecified atom stereocenters. The number of hydrogen-bond donors (Lipinski definition) is 0. The maximum absolute atomic E-state index is 13.0. The lowest BCUT2D eigenvalue weighted by Gasteiger charge is -2.25. The molecule has 0 aliphatic carbocycles. The second kappa shape index (κ2) is 8.24. The van der Waals surface area contributed by atoms with Crippen LogP contribution in [0.25, 0.3) is 0 Å². The molecule has 1 aliphatic heterocycles. The van der Waals surface area contributed by atoms with Gasteiger partial charge in [-0.3, -0.25) is 9.59 Å². The summed E-state index contributed by atoms with van der Waals surface area (Å²) in [6.07, 6.45) is 0.795. The van der Waals surface area contributed by atoms with Crippen LogP contribution in [0.4, 0.5) is 4.39 Å². The first-order valence-corrected chi connectivity index (χ1v) is 8.30. The van der Waals surface area contributed by atoms with E-state index in [0.717, 1.165) is 25.1 Å². The molecule has 1 aliphatic rings. The SMILES string of the molecule is CC(=O)N1CCN(CCc2ccc(F)cc2)C[C@H](C(=O)N(C)C)C1. The van der Waals surface area contributed by atoms with E-state index in [1.807, 2.05) is 0 Å². The fourth-order valence-corrected chi connectivity index (χ4v) is 3.03. The molecule has 24 heavy (non-hydrogen) atoms. The Hall–Kier alpha value is -1.95. The topological polar surface area (TPSA) is 43.9 Å². The number of rotatable bonds is 4. The lowest BCUT2D eigenvalue weighted by Crippen LogP contribution is -2.41. The van der Waals surface area contributed by atoms with Crippen molar-refractivity contribution in [2.24, 2.45) is 5.92 Å². The van der Waals surface area contributed by atoms with Crippen molar-refractivity contribution < 1.29 is 14.0 Å². The summed E-state index contributed by atoms with van der Waals surface area (Å²) in [6.45, 7) is 4.83. The van der Waals surface area contributed by atoms with Crippen LogP contribution in [0.5, 0.6) is 0 Å². The van der Waals surface area contributed by atoms with Crippen LogP contribution >= 0.6 is 0 Å². The fraction of sp³-hybridized carbons (Fsp3) is 0.556. The number of carbonyl (C=O) groups is 2. The van der Waals surface area contributed by atoms with E-state index in [1.54, 1.807) is 43.0 Å². The Labute approximate surface area is 143 Å². The smallest absolute Gasteiger partial charge is 0.228 e. The van der Waals surface area contributed by atoms with E-state index >= 15 is 0 Å². The number of benzene rings is 1. The van der Waals surface area contributed by atoms with Gasteiger partial charge < -0.3 is 14.7 Å². The third-order valence-electron chi connectivity index (χ3n) is 4.47. The predicted octanol–water partition coefficient (Wildman–Crippen LogP) is 1.24. The van der Waals surface area contributed by atoms with E-state index in [0.29, 0.717) is 19.6 Å². The highest BCUT2D eigenvalue weighted by molar-refractivity contribution is 5.80. The predicted molar refractivity (Wildman–Crippen MR) is 91.0 cm³/mol. The van der Waals surface area contributed by atoms with E-state index in [4.69, 9.17) is 0 Å². The molecule has 1 saturated heterocycles. The molecule has 0 saturated carbocycles. The van der Waals surface area contributed by atoms with Crippen molar-refractivity contribution in [2.75, 3.05) is 46.8 Å². The van der Waals surface area contributed by atoms with Gasteiger partial charge in [-0.05, 0) is 24.1 Å². The molecular formula is C18H26FN3O2. The molecule has 1 aromatic carbocycles. The van der Waals surface area contributed by atoms with Gasteiger partial charge in [-0.15, -0.1) is 0 Å². The van der Waals surface area contributed by atoms with Gasteiger partial charge in [-0.25, -0.2) is 4.39 Å². The van der Waals surface area contributed by atoms with Crippen LogP contribution in [-0.4, -0.2) is 73.3 Å². The van der Waals surface area contributed by atoms with E-state index < -0.39 is 0 Å². The summed E-state index contributed by atoms with van der Waals surface area (Å²) in [4.78, 5) is 29.7. The van der Waals surface area contributed by atoms with Crippen molar-refractivity contribution in [3.05, 3.63) is 35.6 Å². The molecule has 0 radical (unpaired) electrons. The molecule has 0 N–H and O–H groups in total. The molecule has 2 amide bonds. The van der Waals surface area contributed by atoms with Gasteiger partial charge in [0.1, 0.15) is 5.82 Å². The first-order valence-electron chi connectivity index (χ1n) is 8.30. The summed E-state index contributed by atoms with van der Waals surface area (Å²) < 4.78 is 13.0. The number of halogens is 1. The average molecular weight is 335 g/mol. The van der Waals surface area contributed by atoms with Crippen LogP contribution in [0.2, 0.25) is 0 Å². The zero-order chi connectivity index (χ0) is 17.7. The Kier molecular flexibility index (Phi) is 6.31. The van der Waals surface area contributed by atoms with Crippen molar-refractivity contribution in [2.45, 2.75) is 13.3 Å². The Morgan fingerprint density at radius 2 is 1.83 bits per heavy atom. The molecule has 1 fully saturated rings.